The van der Waals surface area contributed by atoms with Crippen molar-refractivity contribution in [2.75, 3.05) is 13.2 Å². The summed E-state index contributed by atoms with van der Waals surface area (Å²) in [7, 11) is 0. The Kier molecular flexibility index (Phi) is 11.1. The van der Waals surface area contributed by atoms with E-state index in [1.54, 1.807) is 4.80 Å². The van der Waals surface area contributed by atoms with E-state index >= 15 is 0 Å². The van der Waals surface area contributed by atoms with Gasteiger partial charge in [0, 0.05) is 24.2 Å². The average molecular weight is 717 g/mol. The smallest absolute Gasteiger partial charge is 0.337 e. The Morgan fingerprint density at radius 2 is 1.31 bits per heavy atom. The first-order valence-electron chi connectivity index (χ1n) is 19.0. The molecule has 1 unspecified atom stereocenters. The molecule has 0 fully saturated rings. The van der Waals surface area contributed by atoms with E-state index in [9.17, 15) is 4.79 Å². The summed E-state index contributed by atoms with van der Waals surface area (Å²) in [4.78, 5) is 15.1. The van der Waals surface area contributed by atoms with E-state index in [2.05, 4.69) is 140 Å². The van der Waals surface area contributed by atoms with E-state index in [-0.39, 0.29) is 17.9 Å². The molecule has 2 heterocycles. The topological polar surface area (TPSA) is 85.2 Å². The number of rotatable bonds is 14. The van der Waals surface area contributed by atoms with Crippen LogP contribution in [0.3, 0.4) is 0 Å². The summed E-state index contributed by atoms with van der Waals surface area (Å²) in [6, 6.07) is 47.8. The van der Waals surface area contributed by atoms with Crippen LogP contribution in [0.15, 0.2) is 151 Å². The predicted molar refractivity (Wildman–Crippen MR) is 214 cm³/mol. The Balaban J connectivity index is 1.24. The quantitative estimate of drug-likeness (QED) is 0.0891. The number of benzene rings is 5. The lowest BCUT2D eigenvalue weighted by molar-refractivity contribution is -0.139. The number of hydrazine groups is 1. The van der Waals surface area contributed by atoms with Gasteiger partial charge in [0.1, 0.15) is 0 Å². The van der Waals surface area contributed by atoms with Crippen LogP contribution in [0.2, 0.25) is 0 Å². The minimum absolute atomic E-state index is 0.0397. The van der Waals surface area contributed by atoms with Crippen molar-refractivity contribution < 1.29 is 9.53 Å². The molecule has 5 aromatic carbocycles. The second kappa shape index (κ2) is 16.4. The molecule has 0 spiro atoms. The third-order valence-corrected chi connectivity index (χ3v) is 10.2. The Labute approximate surface area is 318 Å². The maximum absolute atomic E-state index is 13.3. The van der Waals surface area contributed by atoms with Crippen molar-refractivity contribution in [2.24, 2.45) is 5.92 Å². The van der Waals surface area contributed by atoms with Gasteiger partial charge in [0.15, 0.2) is 5.54 Å². The molecule has 0 amide bonds. The van der Waals surface area contributed by atoms with E-state index in [1.165, 1.54) is 0 Å². The van der Waals surface area contributed by atoms with E-state index in [4.69, 9.17) is 20.1 Å². The van der Waals surface area contributed by atoms with Crippen LogP contribution in [0.5, 0.6) is 0 Å². The first-order chi connectivity index (χ1) is 26.4. The normalized spacial score (nSPS) is 14.7. The van der Waals surface area contributed by atoms with Crippen molar-refractivity contribution in [3.63, 3.8) is 0 Å². The lowest BCUT2D eigenvalue weighted by atomic mass is 9.77. The van der Waals surface area contributed by atoms with Crippen LogP contribution >= 0.6 is 0 Å². The molecule has 1 aliphatic rings. The van der Waals surface area contributed by atoms with E-state index in [0.29, 0.717) is 18.9 Å². The molecule has 8 heteroatoms. The summed E-state index contributed by atoms with van der Waals surface area (Å²) < 4.78 is 5.57. The number of allylic oxidation sites excluding steroid dienone is 1. The van der Waals surface area contributed by atoms with Crippen LogP contribution in [-0.2, 0) is 21.5 Å². The third kappa shape index (κ3) is 7.09. The lowest BCUT2D eigenvalue weighted by Gasteiger charge is -2.34. The van der Waals surface area contributed by atoms with Gasteiger partial charge in [-0.2, -0.15) is 0 Å². The molecule has 274 valence electrons. The number of nitrogens with one attached hydrogen (secondary N) is 1. The molecule has 1 aromatic heterocycles. The van der Waals surface area contributed by atoms with E-state index in [1.807, 2.05) is 37.3 Å². The Hall–Kier alpha value is -5.86. The molecule has 0 radical (unpaired) electrons. The molecule has 1 atom stereocenters. The molecule has 1 aliphatic heterocycles. The molecule has 1 N–H and O–H groups in total. The summed E-state index contributed by atoms with van der Waals surface area (Å²) in [5, 5.41) is 16.9. The van der Waals surface area contributed by atoms with Gasteiger partial charge in [-0.05, 0) is 57.9 Å². The number of esters is 1. The minimum atomic E-state index is -0.863. The van der Waals surface area contributed by atoms with Gasteiger partial charge < -0.3 is 10.2 Å². The summed E-state index contributed by atoms with van der Waals surface area (Å²) in [6.07, 6.45) is 2.72. The molecule has 0 saturated carbocycles. The van der Waals surface area contributed by atoms with Crippen molar-refractivity contribution in [1.82, 2.24) is 30.6 Å². The summed E-state index contributed by atoms with van der Waals surface area (Å²) >= 11 is 0. The highest BCUT2D eigenvalue weighted by Gasteiger charge is 2.42. The zero-order valence-corrected chi connectivity index (χ0v) is 31.5. The molecular formula is C46H48N6O2. The molecule has 0 aliphatic carbocycles. The van der Waals surface area contributed by atoms with Crippen molar-refractivity contribution in [2.45, 2.75) is 58.5 Å². The van der Waals surface area contributed by atoms with Crippen LogP contribution in [0.25, 0.3) is 22.5 Å². The number of nitrogens with zero attached hydrogens (tertiary/aromatic N) is 5. The Morgan fingerprint density at radius 1 is 0.759 bits per heavy atom. The fourth-order valence-corrected chi connectivity index (χ4v) is 7.73. The molecule has 8 nitrogen and oxygen atoms in total. The Bertz CT molecular complexity index is 2080. The second-order valence-corrected chi connectivity index (χ2v) is 14.1. The van der Waals surface area contributed by atoms with Crippen molar-refractivity contribution in [1.29, 1.82) is 0 Å². The maximum Gasteiger partial charge on any atom is 0.337 e. The molecule has 54 heavy (non-hydrogen) atoms. The summed E-state index contributed by atoms with van der Waals surface area (Å²) in [5.41, 5.74) is 11.5. The van der Waals surface area contributed by atoms with Crippen LogP contribution in [-0.4, -0.2) is 50.4 Å². The number of tetrazole rings is 1. The van der Waals surface area contributed by atoms with Gasteiger partial charge in [-0.1, -0.05) is 167 Å². The summed E-state index contributed by atoms with van der Waals surface area (Å²) in [5.74, 6) is 0.544. The number of unbranched alkanes of at least 4 members (excludes halogenated alkanes) is 1. The van der Waals surface area contributed by atoms with Crippen LogP contribution in [0.4, 0.5) is 0 Å². The fourth-order valence-electron chi connectivity index (χ4n) is 7.73. The number of hydrogen-bond donors (Lipinski definition) is 1. The highest BCUT2D eigenvalue weighted by atomic mass is 16.5. The maximum atomic E-state index is 13.3. The number of hydrogen-bond acceptors (Lipinski definition) is 7. The average Bonchev–Trinajstić information content (AvgIpc) is 3.85. The second-order valence-electron chi connectivity index (χ2n) is 14.1. The molecule has 6 aromatic rings. The zero-order chi connectivity index (χ0) is 37.5. The highest BCUT2D eigenvalue weighted by molar-refractivity contribution is 5.91. The largest absolute Gasteiger partial charge is 0.463 e. The van der Waals surface area contributed by atoms with Crippen LogP contribution < -0.4 is 5.43 Å². The van der Waals surface area contributed by atoms with Crippen LogP contribution in [0, 0.1) is 5.92 Å². The fraction of sp³-hybridized carbons (Fsp3) is 0.261. The lowest BCUT2D eigenvalue weighted by Crippen LogP contribution is -2.43. The zero-order valence-electron chi connectivity index (χ0n) is 31.5. The highest BCUT2D eigenvalue weighted by Crippen LogP contribution is 2.40. The minimum Gasteiger partial charge on any atom is -0.463 e. The van der Waals surface area contributed by atoms with Gasteiger partial charge in [0.2, 0.25) is 5.82 Å². The van der Waals surface area contributed by atoms with Gasteiger partial charge in [-0.25, -0.2) is 9.80 Å². The first-order valence-corrected chi connectivity index (χ1v) is 19.0. The molecule has 0 bridgehead atoms. The van der Waals surface area contributed by atoms with E-state index in [0.717, 1.165) is 69.6 Å². The number of carbonyl (C=O) groups is 1. The predicted octanol–water partition coefficient (Wildman–Crippen LogP) is 8.85. The van der Waals surface area contributed by atoms with Crippen molar-refractivity contribution >= 4 is 5.97 Å². The van der Waals surface area contributed by atoms with Crippen molar-refractivity contribution in [3.05, 3.63) is 173 Å². The van der Waals surface area contributed by atoms with Gasteiger partial charge >= 0.3 is 5.97 Å². The standard InChI is InChI=1S/C46H48N6O2/c1-5-7-31-51-43(33(3)4)42(45(53)54-6-2)41(48-51)32-34-27-29-35(30-28-34)39-25-17-18-26-40(39)44-47-50-52(49-44)46(36-19-11-8-12-20-36,37-21-13-9-14-22-37)38-23-15-10-16-24-38/h8-30,33,43,48H,5-7,31-32H2,1-4H3. The van der Waals surface area contributed by atoms with Crippen LogP contribution in [0.1, 0.15) is 62.8 Å². The first kappa shape index (κ1) is 36.5. The third-order valence-electron chi connectivity index (χ3n) is 10.2. The van der Waals surface area contributed by atoms with Gasteiger partial charge in [-0.15, -0.1) is 15.0 Å². The number of aromatic nitrogens is 4. The van der Waals surface area contributed by atoms with Gasteiger partial charge in [0.25, 0.3) is 0 Å². The molecular weight excluding hydrogens is 669 g/mol. The monoisotopic (exact) mass is 716 g/mol. The summed E-state index contributed by atoms with van der Waals surface area (Å²) in [6.45, 7) is 9.59. The number of ether oxygens (including phenoxy) is 1. The van der Waals surface area contributed by atoms with Gasteiger partial charge in [0.05, 0.1) is 18.2 Å². The number of carbonyl (C=O) groups excluding carboxylic acids is 1. The van der Waals surface area contributed by atoms with E-state index < -0.39 is 5.54 Å². The van der Waals surface area contributed by atoms with Gasteiger partial charge in [-0.3, -0.25) is 0 Å². The van der Waals surface area contributed by atoms with Crippen molar-refractivity contribution in [3.8, 4) is 22.5 Å². The SMILES string of the molecule is CCCCN1NC(Cc2ccc(-c3ccccc3-c3nnn(C(c4ccccc4)(c4ccccc4)c4ccccc4)n3)cc2)=C(C(=O)OCC)C1C(C)C. The molecule has 0 saturated heterocycles. The molecule has 7 rings (SSSR count). The Morgan fingerprint density at radius 3 is 1.85 bits per heavy atom.